The maximum Gasteiger partial charge on any atom is 0.340 e. The average Bonchev–Trinajstić information content (AvgIpc) is 2.54. The summed E-state index contributed by atoms with van der Waals surface area (Å²) in [5, 5.41) is 5.62. The molecule has 1 amide bonds. The lowest BCUT2D eigenvalue weighted by Crippen LogP contribution is -2.21. The SMILES string of the molecule is CNc1ccccc1C(=O)OCC(=O)Nc1ccccc1C. The molecule has 0 atom stereocenters. The predicted molar refractivity (Wildman–Crippen MR) is 86.1 cm³/mol. The molecule has 2 aromatic rings. The molecule has 2 rings (SSSR count). The summed E-state index contributed by atoms with van der Waals surface area (Å²) in [6.07, 6.45) is 0. The Bertz CT molecular complexity index is 683. The molecule has 0 saturated carbocycles. The van der Waals surface area contributed by atoms with Gasteiger partial charge in [0, 0.05) is 18.4 Å². The van der Waals surface area contributed by atoms with E-state index in [0.717, 1.165) is 5.56 Å². The third kappa shape index (κ3) is 3.85. The standard InChI is InChI=1S/C17H18N2O3/c1-12-7-3-5-9-14(12)19-16(20)11-22-17(21)13-8-4-6-10-15(13)18-2/h3-10,18H,11H2,1-2H3,(H,19,20). The summed E-state index contributed by atoms with van der Waals surface area (Å²) < 4.78 is 5.05. The Morgan fingerprint density at radius 1 is 1.00 bits per heavy atom. The van der Waals surface area contributed by atoms with Crippen LogP contribution in [0.25, 0.3) is 0 Å². The van der Waals surface area contributed by atoms with Crippen LogP contribution in [0.5, 0.6) is 0 Å². The second-order valence-corrected chi connectivity index (χ2v) is 4.73. The monoisotopic (exact) mass is 298 g/mol. The molecule has 0 unspecified atom stereocenters. The Morgan fingerprint density at radius 3 is 2.32 bits per heavy atom. The molecular formula is C17H18N2O3. The Morgan fingerprint density at radius 2 is 1.64 bits per heavy atom. The molecule has 0 aliphatic carbocycles. The maximum absolute atomic E-state index is 12.0. The topological polar surface area (TPSA) is 67.4 Å². The fourth-order valence-corrected chi connectivity index (χ4v) is 1.99. The molecule has 2 N–H and O–H groups in total. The van der Waals surface area contributed by atoms with Crippen molar-refractivity contribution in [3.05, 3.63) is 59.7 Å². The summed E-state index contributed by atoms with van der Waals surface area (Å²) in [5.41, 5.74) is 2.71. The molecule has 0 aliphatic rings. The normalized spacial score (nSPS) is 9.91. The smallest absolute Gasteiger partial charge is 0.340 e. The van der Waals surface area contributed by atoms with Crippen LogP contribution in [0.15, 0.2) is 48.5 Å². The number of nitrogens with one attached hydrogen (secondary N) is 2. The Kier molecular flexibility index (Phi) is 5.14. The summed E-state index contributed by atoms with van der Waals surface area (Å²) >= 11 is 0. The van der Waals surface area contributed by atoms with Gasteiger partial charge in [0.25, 0.3) is 5.91 Å². The fourth-order valence-electron chi connectivity index (χ4n) is 1.99. The van der Waals surface area contributed by atoms with Crippen LogP contribution in [0.2, 0.25) is 0 Å². The lowest BCUT2D eigenvalue weighted by molar-refractivity contribution is -0.119. The van der Waals surface area contributed by atoms with Crippen molar-refractivity contribution in [1.29, 1.82) is 0 Å². The van der Waals surface area contributed by atoms with Crippen LogP contribution in [-0.2, 0) is 9.53 Å². The van der Waals surface area contributed by atoms with Gasteiger partial charge in [0.2, 0.25) is 0 Å². The van der Waals surface area contributed by atoms with E-state index in [1.54, 1.807) is 31.3 Å². The van der Waals surface area contributed by atoms with Gasteiger partial charge in [0.15, 0.2) is 6.61 Å². The van der Waals surface area contributed by atoms with Crippen LogP contribution in [0.4, 0.5) is 11.4 Å². The highest BCUT2D eigenvalue weighted by Gasteiger charge is 2.13. The minimum atomic E-state index is -0.537. The molecule has 0 spiro atoms. The summed E-state index contributed by atoms with van der Waals surface area (Å²) in [6, 6.07) is 14.4. The van der Waals surface area contributed by atoms with Gasteiger partial charge in [-0.25, -0.2) is 4.79 Å². The minimum Gasteiger partial charge on any atom is -0.452 e. The molecule has 2 aromatic carbocycles. The second-order valence-electron chi connectivity index (χ2n) is 4.73. The van der Waals surface area contributed by atoms with Crippen LogP contribution in [0.3, 0.4) is 0 Å². The predicted octanol–water partition coefficient (Wildman–Crippen LogP) is 2.83. The van der Waals surface area contributed by atoms with E-state index >= 15 is 0 Å². The Labute approximate surface area is 129 Å². The first-order valence-electron chi connectivity index (χ1n) is 6.91. The van der Waals surface area contributed by atoms with Crippen molar-refractivity contribution in [2.24, 2.45) is 0 Å². The molecule has 0 heterocycles. The number of amides is 1. The zero-order valence-electron chi connectivity index (χ0n) is 12.6. The number of carbonyl (C=O) groups is 2. The molecule has 22 heavy (non-hydrogen) atoms. The van der Waals surface area contributed by atoms with Crippen molar-refractivity contribution in [1.82, 2.24) is 0 Å². The number of ether oxygens (including phenoxy) is 1. The molecule has 0 aliphatic heterocycles. The van der Waals surface area contributed by atoms with Crippen LogP contribution in [0, 0.1) is 6.92 Å². The molecule has 0 aromatic heterocycles. The molecule has 0 bridgehead atoms. The van der Waals surface area contributed by atoms with Gasteiger partial charge in [0.05, 0.1) is 5.56 Å². The third-order valence-electron chi connectivity index (χ3n) is 3.17. The highest BCUT2D eigenvalue weighted by atomic mass is 16.5. The Hall–Kier alpha value is -2.82. The number of hydrogen-bond acceptors (Lipinski definition) is 4. The van der Waals surface area contributed by atoms with Crippen molar-refractivity contribution in [2.45, 2.75) is 6.92 Å². The average molecular weight is 298 g/mol. The van der Waals surface area contributed by atoms with Gasteiger partial charge in [-0.3, -0.25) is 4.79 Å². The van der Waals surface area contributed by atoms with E-state index in [9.17, 15) is 9.59 Å². The first-order valence-corrected chi connectivity index (χ1v) is 6.91. The first-order chi connectivity index (χ1) is 10.6. The highest BCUT2D eigenvalue weighted by Crippen LogP contribution is 2.16. The summed E-state index contributed by atoms with van der Waals surface area (Å²) in [4.78, 5) is 23.9. The lowest BCUT2D eigenvalue weighted by Gasteiger charge is -2.10. The maximum atomic E-state index is 12.0. The first kappa shape index (κ1) is 15.6. The van der Waals surface area contributed by atoms with E-state index in [4.69, 9.17) is 4.74 Å². The number of rotatable bonds is 5. The van der Waals surface area contributed by atoms with E-state index in [-0.39, 0.29) is 12.5 Å². The number of hydrogen-bond donors (Lipinski definition) is 2. The van der Waals surface area contributed by atoms with E-state index in [1.165, 1.54) is 0 Å². The van der Waals surface area contributed by atoms with Crippen molar-refractivity contribution < 1.29 is 14.3 Å². The third-order valence-corrected chi connectivity index (χ3v) is 3.17. The molecular weight excluding hydrogens is 280 g/mol. The number of anilines is 2. The molecule has 5 heteroatoms. The zero-order valence-corrected chi connectivity index (χ0v) is 12.6. The van der Waals surface area contributed by atoms with E-state index in [1.807, 2.05) is 31.2 Å². The molecule has 114 valence electrons. The number of carbonyl (C=O) groups excluding carboxylic acids is 2. The highest BCUT2D eigenvalue weighted by molar-refractivity contribution is 5.98. The molecule has 0 saturated heterocycles. The number of benzene rings is 2. The number of aryl methyl sites for hydroxylation is 1. The van der Waals surface area contributed by atoms with Gasteiger partial charge in [0.1, 0.15) is 0 Å². The second kappa shape index (κ2) is 7.26. The van der Waals surface area contributed by atoms with Crippen molar-refractivity contribution in [3.8, 4) is 0 Å². The quantitative estimate of drug-likeness (QED) is 0.833. The van der Waals surface area contributed by atoms with E-state index in [2.05, 4.69) is 10.6 Å². The number of esters is 1. The van der Waals surface area contributed by atoms with Gasteiger partial charge in [-0.15, -0.1) is 0 Å². The largest absolute Gasteiger partial charge is 0.452 e. The van der Waals surface area contributed by atoms with Crippen LogP contribution < -0.4 is 10.6 Å². The molecule has 5 nitrogen and oxygen atoms in total. The van der Waals surface area contributed by atoms with Crippen LogP contribution in [-0.4, -0.2) is 25.5 Å². The van der Waals surface area contributed by atoms with Gasteiger partial charge < -0.3 is 15.4 Å². The summed E-state index contributed by atoms with van der Waals surface area (Å²) in [7, 11) is 1.72. The van der Waals surface area contributed by atoms with Crippen molar-refractivity contribution in [3.63, 3.8) is 0 Å². The zero-order chi connectivity index (χ0) is 15.9. The fraction of sp³-hybridized carbons (Fsp3) is 0.176. The lowest BCUT2D eigenvalue weighted by atomic mass is 10.2. The van der Waals surface area contributed by atoms with Gasteiger partial charge >= 0.3 is 5.97 Å². The van der Waals surface area contributed by atoms with Crippen molar-refractivity contribution in [2.75, 3.05) is 24.3 Å². The molecule has 0 radical (unpaired) electrons. The minimum absolute atomic E-state index is 0.328. The van der Waals surface area contributed by atoms with E-state index < -0.39 is 5.97 Å². The van der Waals surface area contributed by atoms with Crippen LogP contribution in [0.1, 0.15) is 15.9 Å². The Balaban J connectivity index is 1.94. The van der Waals surface area contributed by atoms with E-state index in [0.29, 0.717) is 16.9 Å². The molecule has 0 fully saturated rings. The number of para-hydroxylation sites is 2. The summed E-state index contributed by atoms with van der Waals surface area (Å²) in [5.74, 6) is -0.908. The van der Waals surface area contributed by atoms with Gasteiger partial charge in [-0.2, -0.15) is 0 Å². The van der Waals surface area contributed by atoms with Gasteiger partial charge in [-0.1, -0.05) is 30.3 Å². The summed E-state index contributed by atoms with van der Waals surface area (Å²) in [6.45, 7) is 1.57. The van der Waals surface area contributed by atoms with Crippen molar-refractivity contribution >= 4 is 23.3 Å². The van der Waals surface area contributed by atoms with Gasteiger partial charge in [-0.05, 0) is 30.7 Å². The van der Waals surface area contributed by atoms with Crippen LogP contribution >= 0.6 is 0 Å².